The molecule has 0 spiro atoms. The highest BCUT2D eigenvalue weighted by Crippen LogP contribution is 2.38. The van der Waals surface area contributed by atoms with Crippen LogP contribution in [0.2, 0.25) is 0 Å². The molecule has 94 valence electrons. The second-order valence-corrected chi connectivity index (χ2v) is 3.55. The van der Waals surface area contributed by atoms with Gasteiger partial charge in [0, 0.05) is 0 Å². The summed E-state index contributed by atoms with van der Waals surface area (Å²) >= 11 is 0. The van der Waals surface area contributed by atoms with Gasteiger partial charge in [-0.1, -0.05) is 6.07 Å². The number of methoxy groups -OCH3 is 2. The Labute approximate surface area is 104 Å². The molecule has 0 radical (unpaired) electrons. The zero-order valence-electron chi connectivity index (χ0n) is 9.97. The van der Waals surface area contributed by atoms with Crippen molar-refractivity contribution in [2.75, 3.05) is 14.2 Å². The molecule has 1 aromatic heterocycles. The molecule has 5 nitrogen and oxygen atoms in total. The molecular formula is C13H12O5. The zero-order valence-corrected chi connectivity index (χ0v) is 9.97. The summed E-state index contributed by atoms with van der Waals surface area (Å²) in [6.45, 7) is 0. The fourth-order valence-electron chi connectivity index (χ4n) is 1.67. The van der Waals surface area contributed by atoms with Gasteiger partial charge in [-0.2, -0.15) is 0 Å². The number of ether oxygens (including phenoxy) is 2. The van der Waals surface area contributed by atoms with Crippen molar-refractivity contribution in [3.8, 4) is 22.8 Å². The Morgan fingerprint density at radius 1 is 1.28 bits per heavy atom. The maximum Gasteiger partial charge on any atom is 0.338 e. The van der Waals surface area contributed by atoms with Crippen molar-refractivity contribution in [1.82, 2.24) is 0 Å². The van der Waals surface area contributed by atoms with Crippen LogP contribution in [0.3, 0.4) is 0 Å². The number of aromatic carboxylic acids is 1. The molecule has 0 bridgehead atoms. The zero-order chi connectivity index (χ0) is 13.1. The number of hydrogen-bond donors (Lipinski definition) is 1. The second kappa shape index (κ2) is 4.83. The van der Waals surface area contributed by atoms with Gasteiger partial charge in [0.15, 0.2) is 11.5 Å². The first-order chi connectivity index (χ1) is 8.67. The monoisotopic (exact) mass is 248 g/mol. The fourth-order valence-corrected chi connectivity index (χ4v) is 1.67. The highest BCUT2D eigenvalue weighted by molar-refractivity contribution is 5.89. The van der Waals surface area contributed by atoms with Gasteiger partial charge >= 0.3 is 5.97 Å². The Morgan fingerprint density at radius 2 is 2.06 bits per heavy atom. The Morgan fingerprint density at radius 3 is 2.61 bits per heavy atom. The van der Waals surface area contributed by atoms with E-state index in [1.54, 1.807) is 18.2 Å². The molecule has 0 unspecified atom stereocenters. The number of rotatable bonds is 4. The van der Waals surface area contributed by atoms with Gasteiger partial charge in [-0.25, -0.2) is 4.79 Å². The van der Waals surface area contributed by atoms with E-state index in [1.165, 1.54) is 26.5 Å². The third-order valence-electron chi connectivity index (χ3n) is 2.51. The average Bonchev–Trinajstić information content (AvgIpc) is 2.87. The SMILES string of the molecule is COc1cccc(-c2cc(C(=O)O)co2)c1OC. The number of benzene rings is 1. The molecule has 2 aromatic rings. The summed E-state index contributed by atoms with van der Waals surface area (Å²) in [6.07, 6.45) is 1.19. The minimum atomic E-state index is -1.04. The Balaban J connectivity index is 2.52. The standard InChI is InChI=1S/C13H12O5/c1-16-10-5-3-4-9(12(10)17-2)11-6-8(7-18-11)13(14)15/h3-7H,1-2H3,(H,14,15). The van der Waals surface area contributed by atoms with Crippen LogP contribution in [-0.4, -0.2) is 25.3 Å². The van der Waals surface area contributed by atoms with Gasteiger partial charge in [0.1, 0.15) is 12.0 Å². The smallest absolute Gasteiger partial charge is 0.338 e. The summed E-state index contributed by atoms with van der Waals surface area (Å²) in [5.41, 5.74) is 0.735. The van der Waals surface area contributed by atoms with E-state index in [0.29, 0.717) is 22.8 Å². The number of carboxylic acids is 1. The van der Waals surface area contributed by atoms with Crippen LogP contribution >= 0.6 is 0 Å². The van der Waals surface area contributed by atoms with E-state index in [4.69, 9.17) is 19.0 Å². The van der Waals surface area contributed by atoms with Crippen LogP contribution in [-0.2, 0) is 0 Å². The van der Waals surface area contributed by atoms with Crippen LogP contribution in [0.15, 0.2) is 34.9 Å². The molecule has 0 aliphatic heterocycles. The third-order valence-corrected chi connectivity index (χ3v) is 2.51. The molecule has 1 heterocycles. The highest BCUT2D eigenvalue weighted by Gasteiger charge is 2.16. The van der Waals surface area contributed by atoms with Gasteiger partial charge in [0.2, 0.25) is 0 Å². The molecule has 0 atom stereocenters. The van der Waals surface area contributed by atoms with Gasteiger partial charge in [0.05, 0.1) is 25.3 Å². The van der Waals surface area contributed by atoms with Crippen molar-refractivity contribution in [3.63, 3.8) is 0 Å². The van der Waals surface area contributed by atoms with Crippen molar-refractivity contribution < 1.29 is 23.8 Å². The third kappa shape index (κ3) is 2.02. The largest absolute Gasteiger partial charge is 0.493 e. The lowest BCUT2D eigenvalue weighted by atomic mass is 10.1. The summed E-state index contributed by atoms with van der Waals surface area (Å²) < 4.78 is 15.7. The maximum absolute atomic E-state index is 10.8. The van der Waals surface area contributed by atoms with Gasteiger partial charge < -0.3 is 19.0 Å². The second-order valence-electron chi connectivity index (χ2n) is 3.55. The number of carboxylic acid groups (broad SMARTS) is 1. The minimum absolute atomic E-state index is 0.0925. The lowest BCUT2D eigenvalue weighted by Gasteiger charge is -2.10. The van der Waals surface area contributed by atoms with E-state index in [1.807, 2.05) is 0 Å². The van der Waals surface area contributed by atoms with Crippen LogP contribution in [0.25, 0.3) is 11.3 Å². The van der Waals surface area contributed by atoms with E-state index in [0.717, 1.165) is 0 Å². The van der Waals surface area contributed by atoms with Crippen molar-refractivity contribution >= 4 is 5.97 Å². The van der Waals surface area contributed by atoms with Crippen LogP contribution in [0.4, 0.5) is 0 Å². The highest BCUT2D eigenvalue weighted by atomic mass is 16.5. The molecule has 0 aliphatic rings. The molecule has 2 rings (SSSR count). The first-order valence-corrected chi connectivity index (χ1v) is 5.20. The Hall–Kier alpha value is -2.43. The topological polar surface area (TPSA) is 68.9 Å². The summed E-state index contributed by atoms with van der Waals surface area (Å²) in [7, 11) is 3.05. The number of furan rings is 1. The first-order valence-electron chi connectivity index (χ1n) is 5.20. The van der Waals surface area contributed by atoms with Crippen LogP contribution in [0, 0.1) is 0 Å². The van der Waals surface area contributed by atoms with Gasteiger partial charge in [-0.3, -0.25) is 0 Å². The number of carbonyl (C=O) groups is 1. The van der Waals surface area contributed by atoms with E-state index in [2.05, 4.69) is 0 Å². The molecule has 1 N–H and O–H groups in total. The molecule has 0 saturated carbocycles. The van der Waals surface area contributed by atoms with Crippen molar-refractivity contribution in [2.24, 2.45) is 0 Å². The van der Waals surface area contributed by atoms with Gasteiger partial charge in [0.25, 0.3) is 0 Å². The van der Waals surface area contributed by atoms with Crippen molar-refractivity contribution in [2.45, 2.75) is 0 Å². The van der Waals surface area contributed by atoms with E-state index in [-0.39, 0.29) is 5.56 Å². The predicted molar refractivity (Wildman–Crippen MR) is 64.2 cm³/mol. The molecular weight excluding hydrogens is 236 g/mol. The Kier molecular flexibility index (Phi) is 3.23. The molecule has 0 fully saturated rings. The normalized spacial score (nSPS) is 10.1. The Bertz CT molecular complexity index is 571. The fraction of sp³-hybridized carbons (Fsp3) is 0.154. The minimum Gasteiger partial charge on any atom is -0.493 e. The summed E-state index contributed by atoms with van der Waals surface area (Å²) in [4.78, 5) is 10.8. The van der Waals surface area contributed by atoms with Crippen LogP contribution in [0.1, 0.15) is 10.4 Å². The van der Waals surface area contributed by atoms with Gasteiger partial charge in [-0.15, -0.1) is 0 Å². The molecule has 0 amide bonds. The molecule has 0 saturated heterocycles. The summed E-state index contributed by atoms with van der Waals surface area (Å²) in [6, 6.07) is 6.74. The summed E-state index contributed by atoms with van der Waals surface area (Å²) in [5.74, 6) is 0.449. The molecule has 1 aromatic carbocycles. The van der Waals surface area contributed by atoms with Gasteiger partial charge in [-0.05, 0) is 18.2 Å². The molecule has 5 heteroatoms. The molecule has 18 heavy (non-hydrogen) atoms. The quantitative estimate of drug-likeness (QED) is 0.900. The van der Waals surface area contributed by atoms with E-state index in [9.17, 15) is 4.79 Å². The number of para-hydroxylation sites is 1. The molecule has 0 aliphatic carbocycles. The average molecular weight is 248 g/mol. The lowest BCUT2D eigenvalue weighted by molar-refractivity contribution is 0.0696. The van der Waals surface area contributed by atoms with E-state index < -0.39 is 5.97 Å². The van der Waals surface area contributed by atoms with Crippen LogP contribution in [0.5, 0.6) is 11.5 Å². The first kappa shape index (κ1) is 12.0. The summed E-state index contributed by atoms with van der Waals surface area (Å²) in [5, 5.41) is 8.86. The predicted octanol–water partition coefficient (Wildman–Crippen LogP) is 2.66. The van der Waals surface area contributed by atoms with Crippen molar-refractivity contribution in [1.29, 1.82) is 0 Å². The van der Waals surface area contributed by atoms with Crippen LogP contribution < -0.4 is 9.47 Å². The lowest BCUT2D eigenvalue weighted by Crippen LogP contribution is -1.93. The maximum atomic E-state index is 10.8. The number of hydrogen-bond acceptors (Lipinski definition) is 4. The van der Waals surface area contributed by atoms with Crippen molar-refractivity contribution in [3.05, 3.63) is 36.1 Å². The van der Waals surface area contributed by atoms with E-state index >= 15 is 0 Å².